The highest BCUT2D eigenvalue weighted by Crippen LogP contribution is 2.56. The van der Waals surface area contributed by atoms with Gasteiger partial charge in [0.15, 0.2) is 0 Å². The molecule has 2 aliphatic rings. The van der Waals surface area contributed by atoms with Gasteiger partial charge in [-0.25, -0.2) is 0 Å². The van der Waals surface area contributed by atoms with E-state index >= 15 is 0 Å². The fourth-order valence-corrected chi connectivity index (χ4v) is 11.0. The van der Waals surface area contributed by atoms with Gasteiger partial charge < -0.3 is 9.47 Å². The first-order valence-corrected chi connectivity index (χ1v) is 21.4. The van der Waals surface area contributed by atoms with Gasteiger partial charge >= 0.3 is 0 Å². The Labute approximate surface area is 357 Å². The molecular formula is C59H44N2. The van der Waals surface area contributed by atoms with Gasteiger partial charge in [-0.1, -0.05) is 178 Å². The Kier molecular flexibility index (Phi) is 7.74. The highest BCUT2D eigenvalue weighted by molar-refractivity contribution is 6.09. The number of benzene rings is 9. The van der Waals surface area contributed by atoms with Gasteiger partial charge in [-0.05, 0) is 111 Å². The van der Waals surface area contributed by atoms with Crippen LogP contribution in [0.1, 0.15) is 48.6 Å². The number of nitrogens with zero attached hydrogens (tertiary/aromatic N) is 2. The second-order valence-corrected chi connectivity index (χ2v) is 17.4. The molecule has 0 spiro atoms. The second kappa shape index (κ2) is 13.3. The molecule has 61 heavy (non-hydrogen) atoms. The summed E-state index contributed by atoms with van der Waals surface area (Å²) in [4.78, 5) is 2.51. The third-order valence-corrected chi connectivity index (χ3v) is 13.9. The molecule has 9 aromatic carbocycles. The summed E-state index contributed by atoms with van der Waals surface area (Å²) in [6.07, 6.45) is 0. The normalized spacial score (nSPS) is 15.7. The van der Waals surface area contributed by atoms with Crippen molar-refractivity contribution in [2.45, 2.75) is 31.6 Å². The maximum Gasteiger partial charge on any atom is 0.0541 e. The summed E-state index contributed by atoms with van der Waals surface area (Å²) in [6.45, 7) is 7.14. The lowest BCUT2D eigenvalue weighted by atomic mass is 9.74. The summed E-state index contributed by atoms with van der Waals surface area (Å²) in [5, 5.41) is 2.51. The van der Waals surface area contributed by atoms with Crippen LogP contribution in [0.2, 0.25) is 0 Å². The van der Waals surface area contributed by atoms with Crippen molar-refractivity contribution in [3.63, 3.8) is 0 Å². The average Bonchev–Trinajstić information content (AvgIpc) is 3.88. The van der Waals surface area contributed by atoms with Crippen LogP contribution in [-0.4, -0.2) is 4.57 Å². The molecule has 0 aliphatic heterocycles. The summed E-state index contributed by atoms with van der Waals surface area (Å²) < 4.78 is 2.42. The second-order valence-electron chi connectivity index (χ2n) is 17.4. The molecule has 1 aromatic heterocycles. The summed E-state index contributed by atoms with van der Waals surface area (Å²) in [7, 11) is 0. The van der Waals surface area contributed by atoms with E-state index in [4.69, 9.17) is 0 Å². The molecule has 2 heteroatoms. The minimum absolute atomic E-state index is 0.107. The zero-order chi connectivity index (χ0) is 40.9. The van der Waals surface area contributed by atoms with Crippen LogP contribution >= 0.6 is 0 Å². The molecule has 12 rings (SSSR count). The van der Waals surface area contributed by atoms with Gasteiger partial charge in [0.2, 0.25) is 0 Å². The lowest BCUT2D eigenvalue weighted by molar-refractivity contribution is 0.660. The molecule has 0 amide bonds. The van der Waals surface area contributed by atoms with Crippen LogP contribution < -0.4 is 4.90 Å². The lowest BCUT2D eigenvalue weighted by Gasteiger charge is -2.32. The molecule has 290 valence electrons. The smallest absolute Gasteiger partial charge is 0.0541 e. The van der Waals surface area contributed by atoms with Crippen LogP contribution in [0.5, 0.6) is 0 Å². The predicted octanol–water partition coefficient (Wildman–Crippen LogP) is 15.6. The Hall–Kier alpha value is -7.42. The van der Waals surface area contributed by atoms with Crippen LogP contribution in [0, 0.1) is 0 Å². The van der Waals surface area contributed by atoms with E-state index in [1.54, 1.807) is 0 Å². The Morgan fingerprint density at radius 2 is 0.934 bits per heavy atom. The van der Waals surface area contributed by atoms with Crippen molar-refractivity contribution in [1.82, 2.24) is 4.57 Å². The molecule has 0 N–H and O–H groups in total. The van der Waals surface area contributed by atoms with E-state index in [0.29, 0.717) is 0 Å². The first-order chi connectivity index (χ1) is 29.9. The predicted molar refractivity (Wildman–Crippen MR) is 256 cm³/mol. The minimum Gasteiger partial charge on any atom is -0.310 e. The van der Waals surface area contributed by atoms with E-state index in [1.165, 1.54) is 83.0 Å². The Morgan fingerprint density at radius 3 is 1.70 bits per heavy atom. The largest absolute Gasteiger partial charge is 0.310 e. The molecule has 10 aromatic rings. The van der Waals surface area contributed by atoms with Crippen LogP contribution in [0.3, 0.4) is 0 Å². The summed E-state index contributed by atoms with van der Waals surface area (Å²) >= 11 is 0. The molecule has 2 nitrogen and oxygen atoms in total. The molecule has 0 radical (unpaired) electrons. The first-order valence-electron chi connectivity index (χ1n) is 21.4. The SMILES string of the molecule is CC1(C)c2ccccc2-c2c(-c3ccccc3N(c3cccc(-n4c5ccccc5c5ccccc54)c3)c3ccc4c(c3)C(C)(c3ccccc3)c3ccccc3-4)cccc21. The van der Waals surface area contributed by atoms with Crippen molar-refractivity contribution in [3.8, 4) is 39.1 Å². The molecular weight excluding hydrogens is 737 g/mol. The van der Waals surface area contributed by atoms with E-state index in [2.05, 4.69) is 243 Å². The van der Waals surface area contributed by atoms with Crippen LogP contribution in [0.25, 0.3) is 60.9 Å². The Bertz CT molecular complexity index is 3310. The fraction of sp³-hybridized carbons (Fsp3) is 0.0847. The summed E-state index contributed by atoms with van der Waals surface area (Å²) in [6, 6.07) is 78.8. The van der Waals surface area contributed by atoms with Crippen molar-refractivity contribution in [3.05, 3.63) is 240 Å². The van der Waals surface area contributed by atoms with Crippen molar-refractivity contribution >= 4 is 38.9 Å². The van der Waals surface area contributed by atoms with E-state index in [-0.39, 0.29) is 10.8 Å². The number of fused-ring (bicyclic) bond motifs is 9. The molecule has 0 saturated carbocycles. The Morgan fingerprint density at radius 1 is 0.377 bits per heavy atom. The lowest BCUT2D eigenvalue weighted by Crippen LogP contribution is -2.23. The molecule has 0 bridgehead atoms. The molecule has 1 unspecified atom stereocenters. The zero-order valence-corrected chi connectivity index (χ0v) is 34.6. The third-order valence-electron chi connectivity index (χ3n) is 13.9. The Balaban J connectivity index is 1.13. The number of para-hydroxylation sites is 3. The van der Waals surface area contributed by atoms with Gasteiger partial charge in [-0.15, -0.1) is 0 Å². The molecule has 1 heterocycles. The number of anilines is 3. The number of rotatable bonds is 6. The molecule has 0 fully saturated rings. The highest BCUT2D eigenvalue weighted by atomic mass is 15.1. The number of hydrogen-bond donors (Lipinski definition) is 0. The van der Waals surface area contributed by atoms with Crippen molar-refractivity contribution in [2.24, 2.45) is 0 Å². The minimum atomic E-state index is -0.339. The van der Waals surface area contributed by atoms with E-state index < -0.39 is 0 Å². The maximum atomic E-state index is 2.51. The van der Waals surface area contributed by atoms with Gasteiger partial charge in [-0.2, -0.15) is 0 Å². The van der Waals surface area contributed by atoms with Gasteiger partial charge in [0.1, 0.15) is 0 Å². The third kappa shape index (κ3) is 5.09. The van der Waals surface area contributed by atoms with Crippen molar-refractivity contribution in [1.29, 1.82) is 0 Å². The number of hydrogen-bond acceptors (Lipinski definition) is 1. The highest BCUT2D eigenvalue weighted by Gasteiger charge is 2.41. The van der Waals surface area contributed by atoms with Crippen molar-refractivity contribution in [2.75, 3.05) is 4.90 Å². The molecule has 0 saturated heterocycles. The van der Waals surface area contributed by atoms with Gasteiger partial charge in [-0.3, -0.25) is 0 Å². The first kappa shape index (κ1) is 35.5. The van der Waals surface area contributed by atoms with Gasteiger partial charge in [0.05, 0.1) is 16.7 Å². The van der Waals surface area contributed by atoms with Gasteiger partial charge in [0, 0.05) is 44.2 Å². The average molecular weight is 781 g/mol. The topological polar surface area (TPSA) is 8.17 Å². The molecule has 2 aliphatic carbocycles. The van der Waals surface area contributed by atoms with Crippen LogP contribution in [-0.2, 0) is 10.8 Å². The van der Waals surface area contributed by atoms with Crippen LogP contribution in [0.4, 0.5) is 17.1 Å². The monoisotopic (exact) mass is 780 g/mol. The molecule has 1 atom stereocenters. The standard InChI is InChI=1S/C59H44N2/c1-58(2)50-29-12-8-27-49(50)57-48(28-18-31-52(57)58)47-26-11-14-32-54(47)60(40-21-17-22-41(37-40)61-55-33-15-9-24-45(55)46-25-10-16-34-56(46)61)42-35-36-44-43-23-7-13-30-51(43)59(3,53(44)38-42)39-19-5-4-6-20-39/h4-38H,1-3H3. The summed E-state index contributed by atoms with van der Waals surface area (Å²) in [5.74, 6) is 0. The number of aromatic nitrogens is 1. The zero-order valence-electron chi connectivity index (χ0n) is 34.6. The quantitative estimate of drug-likeness (QED) is 0.163. The van der Waals surface area contributed by atoms with E-state index in [9.17, 15) is 0 Å². The summed E-state index contributed by atoms with van der Waals surface area (Å²) in [5.41, 5.74) is 20.8. The van der Waals surface area contributed by atoms with E-state index in [1.807, 2.05) is 0 Å². The van der Waals surface area contributed by atoms with Crippen molar-refractivity contribution < 1.29 is 0 Å². The van der Waals surface area contributed by atoms with E-state index in [0.717, 1.165) is 22.7 Å². The van der Waals surface area contributed by atoms with Crippen LogP contribution in [0.15, 0.2) is 212 Å². The maximum absolute atomic E-state index is 2.51. The fourth-order valence-electron chi connectivity index (χ4n) is 11.0. The van der Waals surface area contributed by atoms with Gasteiger partial charge in [0.25, 0.3) is 0 Å².